The molecule has 0 saturated carbocycles. The van der Waals surface area contributed by atoms with Crippen LogP contribution in [0.2, 0.25) is 0 Å². The minimum atomic E-state index is -0.951. The first kappa shape index (κ1) is 16.0. The van der Waals surface area contributed by atoms with Crippen LogP contribution in [0.25, 0.3) is 0 Å². The summed E-state index contributed by atoms with van der Waals surface area (Å²) in [6, 6.07) is 6.30. The van der Waals surface area contributed by atoms with Crippen LogP contribution in [0, 0.1) is 17.2 Å². The van der Waals surface area contributed by atoms with Crippen molar-refractivity contribution in [3.05, 3.63) is 28.2 Å². The number of carboxylic acids is 1. The van der Waals surface area contributed by atoms with Crippen molar-refractivity contribution in [2.45, 2.75) is 13.3 Å². The molecule has 3 N–H and O–H groups in total. The summed E-state index contributed by atoms with van der Waals surface area (Å²) in [6.45, 7) is 1.77. The number of carbonyl (C=O) groups excluding carboxylic acids is 1. The fourth-order valence-corrected chi connectivity index (χ4v) is 1.87. The normalized spacial score (nSPS) is 11.2. The molecule has 6 nitrogen and oxygen atoms in total. The molecule has 1 atom stereocenters. The van der Waals surface area contributed by atoms with Crippen molar-refractivity contribution in [2.75, 3.05) is 11.9 Å². The van der Waals surface area contributed by atoms with Gasteiger partial charge in [-0.15, -0.1) is 0 Å². The molecule has 1 unspecified atom stereocenters. The minimum absolute atomic E-state index is 0.0353. The van der Waals surface area contributed by atoms with Gasteiger partial charge in [-0.1, -0.05) is 22.9 Å². The number of benzene rings is 1. The second-order valence-corrected chi connectivity index (χ2v) is 5.00. The first-order valence-electron chi connectivity index (χ1n) is 5.95. The summed E-state index contributed by atoms with van der Waals surface area (Å²) in [5, 5.41) is 22.8. The van der Waals surface area contributed by atoms with Crippen molar-refractivity contribution in [1.29, 1.82) is 5.26 Å². The maximum Gasteiger partial charge on any atom is 0.319 e. The Morgan fingerprint density at radius 1 is 1.50 bits per heavy atom. The molecule has 106 valence electrons. The Balaban J connectivity index is 2.65. The maximum atomic E-state index is 11.7. The molecule has 1 aromatic carbocycles. The highest BCUT2D eigenvalue weighted by atomic mass is 79.9. The van der Waals surface area contributed by atoms with Gasteiger partial charge in [0.15, 0.2) is 0 Å². The molecule has 0 bridgehead atoms. The molecule has 0 aliphatic carbocycles. The van der Waals surface area contributed by atoms with E-state index >= 15 is 0 Å². The van der Waals surface area contributed by atoms with Crippen LogP contribution in [-0.4, -0.2) is 23.7 Å². The third-order valence-corrected chi connectivity index (χ3v) is 3.19. The largest absolute Gasteiger partial charge is 0.481 e. The van der Waals surface area contributed by atoms with Gasteiger partial charge in [-0.05, 0) is 24.6 Å². The number of carboxylic acid groups (broad SMARTS) is 1. The summed E-state index contributed by atoms with van der Waals surface area (Å²) in [5.74, 6) is -1.58. The summed E-state index contributed by atoms with van der Waals surface area (Å²) >= 11 is 3.25. The maximum absolute atomic E-state index is 11.7. The average molecular weight is 340 g/mol. The number of nitrogens with one attached hydrogen (secondary N) is 2. The van der Waals surface area contributed by atoms with Crippen LogP contribution in [0.15, 0.2) is 22.7 Å². The molecule has 0 saturated heterocycles. The lowest BCUT2D eigenvalue weighted by Crippen LogP contribution is -2.35. The first-order valence-corrected chi connectivity index (χ1v) is 6.74. The van der Waals surface area contributed by atoms with Crippen molar-refractivity contribution in [2.24, 2.45) is 5.92 Å². The van der Waals surface area contributed by atoms with Gasteiger partial charge in [0.1, 0.15) is 6.07 Å². The SMILES string of the molecule is CCC(CNC(=O)Nc1cc(Br)ccc1C#N)C(=O)O. The third-order valence-electron chi connectivity index (χ3n) is 2.70. The number of amides is 2. The molecule has 7 heteroatoms. The molecule has 0 spiro atoms. The predicted octanol–water partition coefficient (Wildman–Crippen LogP) is 2.55. The highest BCUT2D eigenvalue weighted by Gasteiger charge is 2.16. The van der Waals surface area contributed by atoms with Gasteiger partial charge in [-0.25, -0.2) is 4.79 Å². The standard InChI is InChI=1S/C13H14BrN3O3/c1-2-8(12(18)19)7-16-13(20)17-11-5-10(14)4-3-9(11)6-15/h3-5,8H,2,7H2,1H3,(H,18,19)(H2,16,17,20). The monoisotopic (exact) mass is 339 g/mol. The Morgan fingerprint density at radius 2 is 2.20 bits per heavy atom. The van der Waals surface area contributed by atoms with E-state index in [1.165, 1.54) is 0 Å². The van der Waals surface area contributed by atoms with Crippen LogP contribution in [0.3, 0.4) is 0 Å². The number of nitriles is 1. The number of rotatable bonds is 5. The van der Waals surface area contributed by atoms with Crippen LogP contribution < -0.4 is 10.6 Å². The smallest absolute Gasteiger partial charge is 0.319 e. The van der Waals surface area contributed by atoms with Gasteiger partial charge in [0, 0.05) is 11.0 Å². The number of carbonyl (C=O) groups is 2. The molecular weight excluding hydrogens is 326 g/mol. The molecule has 0 aliphatic rings. The Labute approximate surface area is 124 Å². The summed E-state index contributed by atoms with van der Waals surface area (Å²) < 4.78 is 0.726. The number of anilines is 1. The van der Waals surface area contributed by atoms with Gasteiger partial charge in [-0.2, -0.15) is 5.26 Å². The molecule has 0 radical (unpaired) electrons. The molecule has 0 aliphatic heterocycles. The van der Waals surface area contributed by atoms with Crippen LogP contribution in [-0.2, 0) is 4.79 Å². The van der Waals surface area contributed by atoms with E-state index in [1.54, 1.807) is 25.1 Å². The summed E-state index contributed by atoms with van der Waals surface area (Å²) in [6.07, 6.45) is 0.427. The molecule has 1 aromatic rings. The molecule has 0 aromatic heterocycles. The van der Waals surface area contributed by atoms with Crippen LogP contribution in [0.1, 0.15) is 18.9 Å². The number of halogens is 1. The number of hydrogen-bond acceptors (Lipinski definition) is 3. The third kappa shape index (κ3) is 4.55. The zero-order valence-electron chi connectivity index (χ0n) is 10.8. The highest BCUT2D eigenvalue weighted by molar-refractivity contribution is 9.10. The van der Waals surface area contributed by atoms with E-state index in [-0.39, 0.29) is 6.54 Å². The molecule has 0 heterocycles. The lowest BCUT2D eigenvalue weighted by molar-refractivity contribution is -0.141. The predicted molar refractivity (Wildman–Crippen MR) is 77.3 cm³/mol. The Bertz CT molecular complexity index is 554. The summed E-state index contributed by atoms with van der Waals surface area (Å²) in [7, 11) is 0. The van der Waals surface area contributed by atoms with Crippen molar-refractivity contribution in [1.82, 2.24) is 5.32 Å². The van der Waals surface area contributed by atoms with E-state index in [2.05, 4.69) is 26.6 Å². The second kappa shape index (κ2) is 7.50. The Morgan fingerprint density at radius 3 is 2.75 bits per heavy atom. The first-order chi connectivity index (χ1) is 9.47. The average Bonchev–Trinajstić information content (AvgIpc) is 2.39. The van der Waals surface area contributed by atoms with E-state index in [4.69, 9.17) is 10.4 Å². The lowest BCUT2D eigenvalue weighted by Gasteiger charge is -2.12. The van der Waals surface area contributed by atoms with Crippen LogP contribution in [0.5, 0.6) is 0 Å². The Kier molecular flexibility index (Phi) is 6.00. The quantitative estimate of drug-likeness (QED) is 0.766. The molecular formula is C13H14BrN3O3. The van der Waals surface area contributed by atoms with E-state index in [0.717, 1.165) is 4.47 Å². The zero-order valence-corrected chi connectivity index (χ0v) is 12.4. The minimum Gasteiger partial charge on any atom is -0.481 e. The molecule has 2 amide bonds. The van der Waals surface area contributed by atoms with Crippen molar-refractivity contribution >= 4 is 33.6 Å². The van der Waals surface area contributed by atoms with Gasteiger partial charge >= 0.3 is 12.0 Å². The number of hydrogen-bond donors (Lipinski definition) is 3. The Hall–Kier alpha value is -2.07. The lowest BCUT2D eigenvalue weighted by atomic mass is 10.1. The van der Waals surface area contributed by atoms with Gasteiger partial charge in [0.25, 0.3) is 0 Å². The second-order valence-electron chi connectivity index (χ2n) is 4.08. The fourth-order valence-electron chi connectivity index (χ4n) is 1.51. The fraction of sp³-hybridized carbons (Fsp3) is 0.308. The molecule has 0 fully saturated rings. The number of urea groups is 1. The molecule has 1 rings (SSSR count). The zero-order chi connectivity index (χ0) is 15.1. The highest BCUT2D eigenvalue weighted by Crippen LogP contribution is 2.20. The van der Waals surface area contributed by atoms with Crippen LogP contribution >= 0.6 is 15.9 Å². The van der Waals surface area contributed by atoms with E-state index in [9.17, 15) is 9.59 Å². The van der Waals surface area contributed by atoms with Crippen LogP contribution in [0.4, 0.5) is 10.5 Å². The van der Waals surface area contributed by atoms with Gasteiger partial charge in [0.2, 0.25) is 0 Å². The molecule has 20 heavy (non-hydrogen) atoms. The van der Waals surface area contributed by atoms with Crippen molar-refractivity contribution in [3.8, 4) is 6.07 Å². The van der Waals surface area contributed by atoms with Gasteiger partial charge < -0.3 is 15.7 Å². The summed E-state index contributed by atoms with van der Waals surface area (Å²) in [4.78, 5) is 22.5. The van der Waals surface area contributed by atoms with Crippen molar-refractivity contribution in [3.63, 3.8) is 0 Å². The van der Waals surface area contributed by atoms with E-state index in [1.807, 2.05) is 6.07 Å². The van der Waals surface area contributed by atoms with Gasteiger partial charge in [-0.3, -0.25) is 4.79 Å². The van der Waals surface area contributed by atoms with Crippen molar-refractivity contribution < 1.29 is 14.7 Å². The van der Waals surface area contributed by atoms with E-state index in [0.29, 0.717) is 17.7 Å². The summed E-state index contributed by atoms with van der Waals surface area (Å²) in [5.41, 5.74) is 0.691. The number of aliphatic carboxylic acids is 1. The topological polar surface area (TPSA) is 102 Å². The van der Waals surface area contributed by atoms with E-state index < -0.39 is 17.9 Å². The number of nitrogens with zero attached hydrogens (tertiary/aromatic N) is 1. The van der Waals surface area contributed by atoms with Gasteiger partial charge in [0.05, 0.1) is 17.2 Å².